The number of phenolic OH excluding ortho intramolecular Hbond substituents is 2. The van der Waals surface area contributed by atoms with E-state index in [1.807, 2.05) is 0 Å². The van der Waals surface area contributed by atoms with Gasteiger partial charge in [0.15, 0.2) is 0 Å². The summed E-state index contributed by atoms with van der Waals surface area (Å²) in [5, 5.41) is 19.5. The van der Waals surface area contributed by atoms with E-state index >= 15 is 0 Å². The Balaban J connectivity index is 2.12. The van der Waals surface area contributed by atoms with Crippen LogP contribution in [0.25, 0.3) is 0 Å². The summed E-state index contributed by atoms with van der Waals surface area (Å²) >= 11 is 0. The second-order valence-corrected chi connectivity index (χ2v) is 8.87. The van der Waals surface area contributed by atoms with Crippen LogP contribution in [0.4, 0.5) is 0 Å². The molecule has 1 aliphatic rings. The van der Waals surface area contributed by atoms with Crippen molar-refractivity contribution in [3.8, 4) is 11.5 Å². The minimum absolute atomic E-state index is 0.0636. The van der Waals surface area contributed by atoms with Gasteiger partial charge in [-0.1, -0.05) is 52.0 Å². The van der Waals surface area contributed by atoms with Gasteiger partial charge in [-0.15, -0.1) is 0 Å². The van der Waals surface area contributed by atoms with E-state index in [0.717, 1.165) is 12.8 Å². The third kappa shape index (κ3) is 3.40. The first-order valence-electron chi connectivity index (χ1n) is 9.31. The second kappa shape index (κ2) is 6.40. The molecule has 0 bridgehead atoms. The zero-order valence-electron chi connectivity index (χ0n) is 15.8. The van der Waals surface area contributed by atoms with Crippen LogP contribution in [-0.2, 0) is 5.41 Å². The van der Waals surface area contributed by atoms with Crippen LogP contribution < -0.4 is 0 Å². The fraction of sp³-hybridized carbons (Fsp3) is 0.478. The van der Waals surface area contributed by atoms with Gasteiger partial charge >= 0.3 is 0 Å². The molecule has 134 valence electrons. The molecule has 2 unspecified atom stereocenters. The maximum atomic E-state index is 9.74. The number of rotatable bonds is 2. The molecular formula is C23H30O2. The lowest BCUT2D eigenvalue weighted by Crippen LogP contribution is -2.42. The van der Waals surface area contributed by atoms with Crippen LogP contribution in [0.3, 0.4) is 0 Å². The van der Waals surface area contributed by atoms with Gasteiger partial charge in [-0.25, -0.2) is 0 Å². The molecule has 0 amide bonds. The molecule has 2 aromatic carbocycles. The largest absolute Gasteiger partial charge is 0.508 e. The zero-order valence-corrected chi connectivity index (χ0v) is 15.8. The highest BCUT2D eigenvalue weighted by Gasteiger charge is 2.45. The number of benzene rings is 2. The van der Waals surface area contributed by atoms with Gasteiger partial charge in [0.2, 0.25) is 0 Å². The van der Waals surface area contributed by atoms with Gasteiger partial charge in [-0.05, 0) is 71.9 Å². The lowest BCUT2D eigenvalue weighted by atomic mass is 9.55. The molecule has 2 nitrogen and oxygen atoms in total. The molecule has 2 N–H and O–H groups in total. The normalized spacial score (nSPS) is 23.4. The molecule has 3 rings (SSSR count). The van der Waals surface area contributed by atoms with Crippen molar-refractivity contribution in [1.29, 1.82) is 0 Å². The fourth-order valence-electron chi connectivity index (χ4n) is 4.77. The summed E-state index contributed by atoms with van der Waals surface area (Å²) in [4.78, 5) is 0. The molecule has 0 radical (unpaired) electrons. The lowest BCUT2D eigenvalue weighted by Gasteiger charge is -2.49. The van der Waals surface area contributed by atoms with E-state index in [1.54, 1.807) is 24.3 Å². The summed E-state index contributed by atoms with van der Waals surface area (Å²) in [6.45, 7) is 9.42. The number of phenols is 2. The Bertz CT molecular complexity index is 662. The van der Waals surface area contributed by atoms with E-state index in [0.29, 0.717) is 23.3 Å². The first kappa shape index (κ1) is 17.8. The van der Waals surface area contributed by atoms with Crippen LogP contribution in [-0.4, -0.2) is 10.2 Å². The van der Waals surface area contributed by atoms with E-state index in [4.69, 9.17) is 0 Å². The Kier molecular flexibility index (Phi) is 4.57. The molecule has 0 aliphatic heterocycles. The Morgan fingerprint density at radius 3 is 1.68 bits per heavy atom. The smallest absolute Gasteiger partial charge is 0.115 e. The third-order valence-corrected chi connectivity index (χ3v) is 6.23. The molecule has 1 fully saturated rings. The van der Waals surface area contributed by atoms with Crippen molar-refractivity contribution in [1.82, 2.24) is 0 Å². The summed E-state index contributed by atoms with van der Waals surface area (Å²) in [6.07, 6.45) is 3.37. The van der Waals surface area contributed by atoms with Crippen molar-refractivity contribution in [2.24, 2.45) is 17.3 Å². The molecule has 0 aromatic heterocycles. The highest BCUT2D eigenvalue weighted by atomic mass is 16.3. The SMILES string of the molecule is CC1CCC(c2ccc(O)cc2)(c2ccc(O)cc2)CC1C(C)(C)C. The van der Waals surface area contributed by atoms with Crippen LogP contribution in [0.15, 0.2) is 48.5 Å². The quantitative estimate of drug-likeness (QED) is 0.719. The van der Waals surface area contributed by atoms with Crippen molar-refractivity contribution < 1.29 is 10.2 Å². The first-order chi connectivity index (χ1) is 11.7. The van der Waals surface area contributed by atoms with Crippen LogP contribution >= 0.6 is 0 Å². The van der Waals surface area contributed by atoms with E-state index in [1.165, 1.54) is 17.5 Å². The van der Waals surface area contributed by atoms with Crippen molar-refractivity contribution in [2.75, 3.05) is 0 Å². The van der Waals surface area contributed by atoms with Gasteiger partial charge in [0.25, 0.3) is 0 Å². The standard InChI is InChI=1S/C23H30O2/c1-16-13-14-23(15-21(16)22(2,3)4,17-5-9-19(24)10-6-17)18-7-11-20(25)12-8-18/h5-12,16,21,24-25H,13-15H2,1-4H3. The summed E-state index contributed by atoms with van der Waals surface area (Å²) in [5.74, 6) is 1.92. The van der Waals surface area contributed by atoms with Gasteiger partial charge in [-0.3, -0.25) is 0 Å². The second-order valence-electron chi connectivity index (χ2n) is 8.87. The summed E-state index contributed by atoms with van der Waals surface area (Å²) < 4.78 is 0. The van der Waals surface area contributed by atoms with Crippen LogP contribution in [0.1, 0.15) is 58.1 Å². The molecule has 1 aliphatic carbocycles. The van der Waals surface area contributed by atoms with Crippen molar-refractivity contribution in [2.45, 2.75) is 52.4 Å². The number of aromatic hydroxyl groups is 2. The molecule has 0 saturated heterocycles. The average molecular weight is 338 g/mol. The number of hydrogen-bond acceptors (Lipinski definition) is 2. The Labute approximate surface area is 151 Å². The maximum absolute atomic E-state index is 9.74. The molecular weight excluding hydrogens is 308 g/mol. The Morgan fingerprint density at radius 2 is 1.28 bits per heavy atom. The molecule has 25 heavy (non-hydrogen) atoms. The highest BCUT2D eigenvalue weighted by molar-refractivity contribution is 5.43. The molecule has 2 aromatic rings. The Hall–Kier alpha value is -1.96. The summed E-state index contributed by atoms with van der Waals surface area (Å²) in [7, 11) is 0. The predicted octanol–water partition coefficient (Wildman–Crippen LogP) is 5.87. The first-order valence-corrected chi connectivity index (χ1v) is 9.31. The topological polar surface area (TPSA) is 40.5 Å². The van der Waals surface area contributed by atoms with Gasteiger partial charge in [0, 0.05) is 5.41 Å². The molecule has 1 saturated carbocycles. The minimum Gasteiger partial charge on any atom is -0.508 e. The summed E-state index contributed by atoms with van der Waals surface area (Å²) in [5.41, 5.74) is 2.71. The summed E-state index contributed by atoms with van der Waals surface area (Å²) in [6, 6.07) is 15.4. The minimum atomic E-state index is -0.0636. The predicted molar refractivity (Wildman–Crippen MR) is 103 cm³/mol. The van der Waals surface area contributed by atoms with Gasteiger partial charge in [0.05, 0.1) is 0 Å². The highest BCUT2D eigenvalue weighted by Crippen LogP contribution is 2.53. The van der Waals surface area contributed by atoms with Crippen LogP contribution in [0, 0.1) is 17.3 Å². The maximum Gasteiger partial charge on any atom is 0.115 e. The third-order valence-electron chi connectivity index (χ3n) is 6.23. The van der Waals surface area contributed by atoms with E-state index in [9.17, 15) is 10.2 Å². The van der Waals surface area contributed by atoms with E-state index in [-0.39, 0.29) is 10.8 Å². The van der Waals surface area contributed by atoms with Crippen molar-refractivity contribution >= 4 is 0 Å². The monoisotopic (exact) mass is 338 g/mol. The molecule has 2 atom stereocenters. The van der Waals surface area contributed by atoms with Gasteiger partial charge in [-0.2, -0.15) is 0 Å². The fourth-order valence-corrected chi connectivity index (χ4v) is 4.77. The molecule has 0 spiro atoms. The molecule has 2 heteroatoms. The lowest BCUT2D eigenvalue weighted by molar-refractivity contribution is 0.0822. The van der Waals surface area contributed by atoms with Crippen LogP contribution in [0.2, 0.25) is 0 Å². The average Bonchev–Trinajstić information content (AvgIpc) is 2.56. The van der Waals surface area contributed by atoms with Crippen LogP contribution in [0.5, 0.6) is 11.5 Å². The van der Waals surface area contributed by atoms with Gasteiger partial charge in [0.1, 0.15) is 11.5 Å². The molecule has 0 heterocycles. The Morgan fingerprint density at radius 1 is 0.840 bits per heavy atom. The number of hydrogen-bond donors (Lipinski definition) is 2. The van der Waals surface area contributed by atoms with Gasteiger partial charge < -0.3 is 10.2 Å². The zero-order chi connectivity index (χ0) is 18.2. The van der Waals surface area contributed by atoms with Crippen molar-refractivity contribution in [3.63, 3.8) is 0 Å². The van der Waals surface area contributed by atoms with Crippen molar-refractivity contribution in [3.05, 3.63) is 59.7 Å². The van der Waals surface area contributed by atoms with E-state index < -0.39 is 0 Å². The van der Waals surface area contributed by atoms with E-state index in [2.05, 4.69) is 52.0 Å².